The Morgan fingerprint density at radius 1 is 0.304 bits per heavy atom. The quantitative estimate of drug-likeness (QED) is 0.0222. The Morgan fingerprint density at radius 3 is 0.772 bits per heavy atom. The zero-order chi connectivity index (χ0) is 68.2. The predicted octanol–water partition coefficient (Wildman–Crippen LogP) is 20.9. The lowest BCUT2D eigenvalue weighted by Gasteiger charge is -2.21. The summed E-state index contributed by atoms with van der Waals surface area (Å²) in [5.41, 5.74) is 0. The van der Waals surface area contributed by atoms with E-state index in [1.54, 1.807) is 0 Å². The second kappa shape index (κ2) is 62.6. The molecule has 19 heteroatoms. The number of aliphatic hydroxyl groups is 1. The van der Waals surface area contributed by atoms with E-state index in [4.69, 9.17) is 37.0 Å². The van der Waals surface area contributed by atoms with Crippen molar-refractivity contribution in [3.05, 3.63) is 0 Å². The van der Waals surface area contributed by atoms with Gasteiger partial charge in [-0.1, -0.05) is 312 Å². The first kappa shape index (κ1) is 90.1. The average molecular weight is 1350 g/mol. The Bertz CT molecular complexity index is 1820. The van der Waals surface area contributed by atoms with Crippen LogP contribution < -0.4 is 0 Å². The van der Waals surface area contributed by atoms with Gasteiger partial charge in [0.05, 0.1) is 26.4 Å². The number of phosphoric acid groups is 2. The fourth-order valence-electron chi connectivity index (χ4n) is 11.0. The van der Waals surface area contributed by atoms with Crippen LogP contribution in [0.2, 0.25) is 0 Å². The summed E-state index contributed by atoms with van der Waals surface area (Å²) >= 11 is 0. The number of phosphoric ester groups is 2. The molecular weight excluding hydrogens is 1210 g/mol. The van der Waals surface area contributed by atoms with Crippen LogP contribution in [-0.2, 0) is 65.4 Å². The van der Waals surface area contributed by atoms with Crippen molar-refractivity contribution in [1.82, 2.24) is 0 Å². The molecule has 0 heterocycles. The summed E-state index contributed by atoms with van der Waals surface area (Å²) in [6.45, 7) is 14.1. The van der Waals surface area contributed by atoms with Gasteiger partial charge >= 0.3 is 39.5 Å². The average Bonchev–Trinajstić information content (AvgIpc) is 2.59. The number of ether oxygens (including phenoxy) is 4. The van der Waals surface area contributed by atoms with Crippen molar-refractivity contribution in [2.75, 3.05) is 39.6 Å². The molecule has 3 N–H and O–H groups in total. The minimum absolute atomic E-state index is 0.101. The maximum atomic E-state index is 13.0. The lowest BCUT2D eigenvalue weighted by Crippen LogP contribution is -2.30. The van der Waals surface area contributed by atoms with Crippen LogP contribution in [0.1, 0.15) is 364 Å². The largest absolute Gasteiger partial charge is 0.472 e. The smallest absolute Gasteiger partial charge is 0.462 e. The van der Waals surface area contributed by atoms with Gasteiger partial charge in [0.1, 0.15) is 19.3 Å². The second-order valence-electron chi connectivity index (χ2n) is 28.0. The van der Waals surface area contributed by atoms with Crippen molar-refractivity contribution in [1.29, 1.82) is 0 Å². The van der Waals surface area contributed by atoms with E-state index < -0.39 is 97.5 Å². The molecule has 92 heavy (non-hydrogen) atoms. The molecule has 17 nitrogen and oxygen atoms in total. The van der Waals surface area contributed by atoms with Crippen LogP contribution in [0, 0.1) is 23.7 Å². The number of aliphatic hydroxyl groups excluding tert-OH is 1. The van der Waals surface area contributed by atoms with E-state index in [1.807, 2.05) is 0 Å². The molecule has 0 aliphatic rings. The van der Waals surface area contributed by atoms with Gasteiger partial charge in [0.25, 0.3) is 0 Å². The molecule has 0 saturated heterocycles. The highest BCUT2D eigenvalue weighted by molar-refractivity contribution is 7.47. The normalized spacial score (nSPS) is 14.5. The Balaban J connectivity index is 5.17. The highest BCUT2D eigenvalue weighted by atomic mass is 31.2. The third kappa shape index (κ3) is 65.4. The van der Waals surface area contributed by atoms with Crippen LogP contribution in [0.5, 0.6) is 0 Å². The van der Waals surface area contributed by atoms with Gasteiger partial charge in [-0.3, -0.25) is 37.3 Å². The Labute approximate surface area is 562 Å². The zero-order valence-corrected chi connectivity index (χ0v) is 62.0. The van der Waals surface area contributed by atoms with Crippen molar-refractivity contribution in [3.63, 3.8) is 0 Å². The molecule has 0 aliphatic heterocycles. The molecule has 0 aromatic carbocycles. The monoisotopic (exact) mass is 1350 g/mol. The van der Waals surface area contributed by atoms with Crippen LogP contribution in [0.3, 0.4) is 0 Å². The van der Waals surface area contributed by atoms with Gasteiger partial charge in [0.15, 0.2) is 12.2 Å². The van der Waals surface area contributed by atoms with Gasteiger partial charge in [-0.15, -0.1) is 0 Å². The van der Waals surface area contributed by atoms with E-state index >= 15 is 0 Å². The predicted molar refractivity (Wildman–Crippen MR) is 372 cm³/mol. The molecule has 0 amide bonds. The maximum Gasteiger partial charge on any atom is 0.472 e. The van der Waals surface area contributed by atoms with Gasteiger partial charge in [-0.05, 0) is 49.4 Å². The SMILES string of the molecule is CCC(C)CCCCCCCCCCC(=O)OC[C@H](COP(=O)(O)OCC(O)COP(=O)(O)OC[C@@H](COC(=O)CCCCCCCCCC(C)C)OC(=O)CCCCCCCCC(C)C)OC(=O)CCCCCCCCCCCCCCCCCCCCC(C)C. The van der Waals surface area contributed by atoms with Crippen LogP contribution in [0.25, 0.3) is 0 Å². The van der Waals surface area contributed by atoms with Crippen molar-refractivity contribution >= 4 is 39.5 Å². The number of rotatable bonds is 70. The molecule has 0 radical (unpaired) electrons. The minimum atomic E-state index is -4.95. The molecule has 0 aromatic rings. The van der Waals surface area contributed by atoms with Gasteiger partial charge < -0.3 is 33.8 Å². The molecule has 0 aliphatic carbocycles. The van der Waals surface area contributed by atoms with E-state index in [2.05, 4.69) is 55.4 Å². The van der Waals surface area contributed by atoms with E-state index in [1.165, 1.54) is 161 Å². The molecule has 0 spiro atoms. The molecule has 0 fully saturated rings. The fraction of sp³-hybridized carbons (Fsp3) is 0.945. The first-order chi connectivity index (χ1) is 44.1. The molecular formula is C73H142O17P2. The molecule has 0 aromatic heterocycles. The number of unbranched alkanes of at least 4 members (excludes halogenated alkanes) is 35. The van der Waals surface area contributed by atoms with Gasteiger partial charge in [0.2, 0.25) is 0 Å². The molecule has 6 atom stereocenters. The summed E-state index contributed by atoms with van der Waals surface area (Å²) < 4.78 is 68.3. The van der Waals surface area contributed by atoms with Gasteiger partial charge in [-0.2, -0.15) is 0 Å². The van der Waals surface area contributed by atoms with Crippen LogP contribution >= 0.6 is 15.6 Å². The first-order valence-electron chi connectivity index (χ1n) is 37.7. The molecule has 546 valence electrons. The zero-order valence-electron chi connectivity index (χ0n) is 60.2. The topological polar surface area (TPSA) is 237 Å². The van der Waals surface area contributed by atoms with Crippen molar-refractivity contribution < 1.29 is 80.2 Å². The van der Waals surface area contributed by atoms with Gasteiger partial charge in [0, 0.05) is 25.7 Å². The maximum absolute atomic E-state index is 13.0. The highest BCUT2D eigenvalue weighted by Gasteiger charge is 2.30. The first-order valence-corrected chi connectivity index (χ1v) is 40.7. The number of hydrogen-bond acceptors (Lipinski definition) is 15. The highest BCUT2D eigenvalue weighted by Crippen LogP contribution is 2.45. The van der Waals surface area contributed by atoms with Gasteiger partial charge in [-0.25, -0.2) is 9.13 Å². The second-order valence-corrected chi connectivity index (χ2v) is 30.9. The fourth-order valence-corrected chi connectivity index (χ4v) is 12.6. The van der Waals surface area contributed by atoms with E-state index in [0.29, 0.717) is 37.5 Å². The standard InChI is InChI=1S/C73H142O17P2/c1-9-66(8)52-44-36-27-22-23-28-37-45-53-70(75)83-59-68(89-72(77)55-47-39-29-21-19-17-15-13-11-10-12-14-16-18-20-25-33-41-49-63(2)3)61-87-91(79,80)85-57-67(74)58-86-92(81,82)88-62-69(90-73(78)56-48-40-32-31-35-43-51-65(6)7)60-84-71(76)54-46-38-30-24-26-34-42-50-64(4)5/h63-69,74H,9-62H2,1-8H3,(H,79,80)(H,81,82)/t66?,67?,68-,69-/m1/s1. The molecule has 0 bridgehead atoms. The summed E-state index contributed by atoms with van der Waals surface area (Å²) in [5, 5.41) is 10.6. The lowest BCUT2D eigenvalue weighted by molar-refractivity contribution is -0.161. The summed E-state index contributed by atoms with van der Waals surface area (Å²) in [7, 11) is -9.90. The summed E-state index contributed by atoms with van der Waals surface area (Å²) in [4.78, 5) is 72.5. The Kier molecular flexibility index (Phi) is 61.3. The summed E-state index contributed by atoms with van der Waals surface area (Å²) in [6.07, 6.45) is 46.2. The van der Waals surface area contributed by atoms with Crippen LogP contribution in [-0.4, -0.2) is 96.7 Å². The van der Waals surface area contributed by atoms with Crippen LogP contribution in [0.15, 0.2) is 0 Å². The number of hydrogen-bond donors (Lipinski definition) is 3. The third-order valence-corrected chi connectivity index (χ3v) is 19.1. The van der Waals surface area contributed by atoms with Crippen molar-refractivity contribution in [3.8, 4) is 0 Å². The molecule has 0 saturated carbocycles. The van der Waals surface area contributed by atoms with E-state index in [-0.39, 0.29) is 25.7 Å². The van der Waals surface area contributed by atoms with E-state index in [9.17, 15) is 43.2 Å². The third-order valence-electron chi connectivity index (χ3n) is 17.2. The number of carbonyl (C=O) groups excluding carboxylic acids is 4. The summed E-state index contributed by atoms with van der Waals surface area (Å²) in [6, 6.07) is 0. The molecule has 4 unspecified atom stereocenters. The number of esters is 4. The Hall–Kier alpha value is -1.94. The van der Waals surface area contributed by atoms with Crippen molar-refractivity contribution in [2.24, 2.45) is 23.7 Å². The summed E-state index contributed by atoms with van der Waals surface area (Å²) in [5.74, 6) is 0.840. The van der Waals surface area contributed by atoms with Crippen LogP contribution in [0.4, 0.5) is 0 Å². The molecule has 0 rings (SSSR count). The lowest BCUT2D eigenvalue weighted by atomic mass is 9.99. The number of carbonyl (C=O) groups is 4. The van der Waals surface area contributed by atoms with Crippen molar-refractivity contribution in [2.45, 2.75) is 382 Å². The van der Waals surface area contributed by atoms with E-state index in [0.717, 1.165) is 108 Å². The minimum Gasteiger partial charge on any atom is -0.462 e. The Morgan fingerprint density at radius 2 is 0.522 bits per heavy atom.